The van der Waals surface area contributed by atoms with Crippen molar-refractivity contribution in [2.24, 2.45) is 0 Å². The molecule has 2 aliphatic heterocycles. The van der Waals surface area contributed by atoms with Crippen LogP contribution < -0.4 is 0 Å². The average molecular weight is 331 g/mol. The van der Waals surface area contributed by atoms with Crippen molar-refractivity contribution in [1.82, 2.24) is 25.2 Å². The molecule has 1 fully saturated rings. The van der Waals surface area contributed by atoms with E-state index < -0.39 is 0 Å². The lowest BCUT2D eigenvalue weighted by Gasteiger charge is -2.28. The Balaban J connectivity index is 1.55. The predicted octanol–water partition coefficient (Wildman–Crippen LogP) is 0.0686. The summed E-state index contributed by atoms with van der Waals surface area (Å²) in [5.41, 5.74) is 2.08. The van der Waals surface area contributed by atoms with E-state index in [0.29, 0.717) is 51.5 Å². The van der Waals surface area contributed by atoms with Gasteiger partial charge in [0.15, 0.2) is 5.69 Å². The fourth-order valence-electron chi connectivity index (χ4n) is 3.04. The van der Waals surface area contributed by atoms with Gasteiger partial charge in [0, 0.05) is 43.4 Å². The lowest BCUT2D eigenvalue weighted by Crippen LogP contribution is -2.42. The molecule has 9 nitrogen and oxygen atoms in total. The smallest absolute Gasteiger partial charge is 0.292 e. The number of H-pyrrole nitrogens is 1. The number of hydrogen-bond acceptors (Lipinski definition) is 6. The maximum Gasteiger partial charge on any atom is 0.292 e. The van der Waals surface area contributed by atoms with Crippen LogP contribution in [0.5, 0.6) is 0 Å². The third-order valence-electron chi connectivity index (χ3n) is 4.37. The Bertz CT molecular complexity index is 748. The first kappa shape index (κ1) is 14.9. The van der Waals surface area contributed by atoms with Gasteiger partial charge >= 0.3 is 0 Å². The highest BCUT2D eigenvalue weighted by atomic mass is 16.5. The van der Waals surface area contributed by atoms with Gasteiger partial charge in [-0.1, -0.05) is 5.16 Å². The third kappa shape index (κ3) is 2.56. The SMILES string of the molecule is O=C(c1ccno1)N1CCc2[nH]nc(C(=O)N3CCOCC3)c2C1. The molecule has 2 amide bonds. The van der Waals surface area contributed by atoms with Crippen molar-refractivity contribution in [3.8, 4) is 0 Å². The average Bonchev–Trinajstić information content (AvgIpc) is 3.30. The van der Waals surface area contributed by atoms with Gasteiger partial charge in [-0.05, 0) is 0 Å². The van der Waals surface area contributed by atoms with Gasteiger partial charge in [-0.25, -0.2) is 0 Å². The molecule has 24 heavy (non-hydrogen) atoms. The molecule has 1 N–H and O–H groups in total. The fourth-order valence-corrected chi connectivity index (χ4v) is 3.04. The Kier molecular flexibility index (Phi) is 3.77. The summed E-state index contributed by atoms with van der Waals surface area (Å²) < 4.78 is 10.2. The Hall–Kier alpha value is -2.68. The summed E-state index contributed by atoms with van der Waals surface area (Å²) in [5.74, 6) is -0.156. The van der Waals surface area contributed by atoms with Gasteiger partial charge in [0.1, 0.15) is 0 Å². The van der Waals surface area contributed by atoms with Crippen molar-refractivity contribution < 1.29 is 18.8 Å². The minimum absolute atomic E-state index is 0.121. The van der Waals surface area contributed by atoms with Crippen LogP contribution in [-0.2, 0) is 17.7 Å². The van der Waals surface area contributed by atoms with Crippen LogP contribution in [0.3, 0.4) is 0 Å². The Morgan fingerprint density at radius 3 is 2.71 bits per heavy atom. The molecule has 0 radical (unpaired) electrons. The van der Waals surface area contributed by atoms with Crippen LogP contribution in [0.25, 0.3) is 0 Å². The van der Waals surface area contributed by atoms with Crippen molar-refractivity contribution in [2.45, 2.75) is 13.0 Å². The number of fused-ring (bicyclic) bond motifs is 1. The van der Waals surface area contributed by atoms with Crippen molar-refractivity contribution in [1.29, 1.82) is 0 Å². The number of aromatic nitrogens is 3. The highest BCUT2D eigenvalue weighted by Crippen LogP contribution is 2.23. The lowest BCUT2D eigenvalue weighted by molar-refractivity contribution is 0.0297. The summed E-state index contributed by atoms with van der Waals surface area (Å²) in [4.78, 5) is 28.5. The van der Waals surface area contributed by atoms with E-state index in [0.717, 1.165) is 11.3 Å². The number of amides is 2. The maximum atomic E-state index is 12.7. The van der Waals surface area contributed by atoms with E-state index in [2.05, 4.69) is 15.4 Å². The van der Waals surface area contributed by atoms with Crippen molar-refractivity contribution in [2.75, 3.05) is 32.8 Å². The molecule has 2 aromatic heterocycles. The van der Waals surface area contributed by atoms with Gasteiger partial charge in [0.05, 0.1) is 26.0 Å². The Morgan fingerprint density at radius 1 is 1.12 bits per heavy atom. The zero-order chi connectivity index (χ0) is 16.5. The van der Waals surface area contributed by atoms with Crippen LogP contribution in [-0.4, -0.2) is 69.8 Å². The molecule has 4 heterocycles. The summed E-state index contributed by atoms with van der Waals surface area (Å²) in [7, 11) is 0. The molecular weight excluding hydrogens is 314 g/mol. The van der Waals surface area contributed by atoms with Crippen molar-refractivity contribution in [3.63, 3.8) is 0 Å². The molecule has 0 spiro atoms. The second-order valence-corrected chi connectivity index (χ2v) is 5.79. The number of carbonyl (C=O) groups excluding carboxylic acids is 2. The number of carbonyl (C=O) groups is 2. The zero-order valence-electron chi connectivity index (χ0n) is 13.0. The van der Waals surface area contributed by atoms with E-state index in [1.807, 2.05) is 0 Å². The van der Waals surface area contributed by atoms with Gasteiger partial charge in [-0.3, -0.25) is 14.7 Å². The number of aromatic amines is 1. The number of rotatable bonds is 2. The summed E-state index contributed by atoms with van der Waals surface area (Å²) in [6, 6.07) is 1.53. The molecule has 2 aliphatic rings. The molecule has 0 unspecified atom stereocenters. The molecule has 0 bridgehead atoms. The molecular formula is C15H17N5O4. The van der Waals surface area contributed by atoms with E-state index in [-0.39, 0.29) is 17.6 Å². The number of nitrogens with zero attached hydrogens (tertiary/aromatic N) is 4. The van der Waals surface area contributed by atoms with Crippen molar-refractivity contribution in [3.05, 3.63) is 35.0 Å². The van der Waals surface area contributed by atoms with Crippen LogP contribution in [0.15, 0.2) is 16.8 Å². The first-order chi connectivity index (χ1) is 11.7. The predicted molar refractivity (Wildman–Crippen MR) is 80.3 cm³/mol. The standard InChI is InChI=1S/C15H17N5O4/c21-14(12-1-3-16-24-12)20-4-2-11-10(9-20)13(18-17-11)15(22)19-5-7-23-8-6-19/h1,3H,2,4-9H2,(H,17,18). The molecule has 0 aliphatic carbocycles. The van der Waals surface area contributed by atoms with Crippen LogP contribution in [0.1, 0.15) is 32.3 Å². The van der Waals surface area contributed by atoms with Gasteiger partial charge in [-0.2, -0.15) is 5.10 Å². The monoisotopic (exact) mass is 331 g/mol. The van der Waals surface area contributed by atoms with Gasteiger partial charge < -0.3 is 19.1 Å². The van der Waals surface area contributed by atoms with Crippen LogP contribution >= 0.6 is 0 Å². The molecule has 2 aromatic rings. The highest BCUT2D eigenvalue weighted by Gasteiger charge is 2.31. The normalized spacial score (nSPS) is 17.7. The molecule has 9 heteroatoms. The quantitative estimate of drug-likeness (QED) is 0.835. The van der Waals surface area contributed by atoms with Gasteiger partial charge in [0.25, 0.3) is 11.8 Å². The van der Waals surface area contributed by atoms with Crippen molar-refractivity contribution >= 4 is 11.8 Å². The summed E-state index contributed by atoms with van der Waals surface area (Å²) >= 11 is 0. The minimum Gasteiger partial charge on any atom is -0.378 e. The van der Waals surface area contributed by atoms with E-state index in [4.69, 9.17) is 9.26 Å². The van der Waals surface area contributed by atoms with Gasteiger partial charge in [0.2, 0.25) is 5.76 Å². The largest absolute Gasteiger partial charge is 0.378 e. The van der Waals surface area contributed by atoms with E-state index in [1.165, 1.54) is 12.3 Å². The number of morpholine rings is 1. The number of hydrogen-bond donors (Lipinski definition) is 1. The third-order valence-corrected chi connectivity index (χ3v) is 4.37. The summed E-state index contributed by atoms with van der Waals surface area (Å²) in [6.07, 6.45) is 2.06. The topological polar surface area (TPSA) is 105 Å². The van der Waals surface area contributed by atoms with Crippen LogP contribution in [0.2, 0.25) is 0 Å². The molecule has 4 rings (SSSR count). The highest BCUT2D eigenvalue weighted by molar-refractivity contribution is 5.95. The minimum atomic E-state index is -0.232. The maximum absolute atomic E-state index is 12.7. The molecule has 0 aromatic carbocycles. The molecule has 0 atom stereocenters. The first-order valence-electron chi connectivity index (χ1n) is 7.87. The first-order valence-corrected chi connectivity index (χ1v) is 7.87. The van der Waals surface area contributed by atoms with Crippen LogP contribution in [0.4, 0.5) is 0 Å². The Labute approximate surface area is 137 Å². The van der Waals surface area contributed by atoms with Crippen LogP contribution in [0, 0.1) is 0 Å². The number of ether oxygens (including phenoxy) is 1. The molecule has 126 valence electrons. The zero-order valence-corrected chi connectivity index (χ0v) is 13.0. The second-order valence-electron chi connectivity index (χ2n) is 5.79. The lowest BCUT2D eigenvalue weighted by atomic mass is 10.0. The summed E-state index contributed by atoms with van der Waals surface area (Å²) in [5, 5.41) is 10.7. The molecule has 0 saturated carbocycles. The summed E-state index contributed by atoms with van der Waals surface area (Å²) in [6.45, 7) is 3.06. The number of nitrogens with one attached hydrogen (secondary N) is 1. The Morgan fingerprint density at radius 2 is 1.96 bits per heavy atom. The van der Waals surface area contributed by atoms with E-state index in [9.17, 15) is 9.59 Å². The van der Waals surface area contributed by atoms with E-state index in [1.54, 1.807) is 9.80 Å². The van der Waals surface area contributed by atoms with Gasteiger partial charge in [-0.15, -0.1) is 0 Å². The second kappa shape index (κ2) is 6.08. The van der Waals surface area contributed by atoms with E-state index >= 15 is 0 Å². The molecule has 1 saturated heterocycles. The fraction of sp³-hybridized carbons (Fsp3) is 0.467.